The number of aromatic hydroxyl groups is 1. The summed E-state index contributed by atoms with van der Waals surface area (Å²) in [6.07, 6.45) is 0. The Morgan fingerprint density at radius 3 is 2.59 bits per heavy atom. The zero-order chi connectivity index (χ0) is 19.0. The number of phenols is 1. The van der Waals surface area contributed by atoms with Crippen molar-refractivity contribution < 1.29 is 15.5 Å². The predicted octanol–water partition coefficient (Wildman–Crippen LogP) is 4.87. The van der Waals surface area contributed by atoms with E-state index in [2.05, 4.69) is 10.2 Å². The molecule has 3 rings (SSSR count). The van der Waals surface area contributed by atoms with Crippen molar-refractivity contribution >= 4 is 27.8 Å². The van der Waals surface area contributed by atoms with Crippen LogP contribution in [-0.4, -0.2) is 10.0 Å². The molecular formula is C16H11N3O3. The molecule has 0 spiro atoms. The number of fused-ring (bicyclic) bond motifs is 1. The lowest BCUT2D eigenvalue weighted by Gasteiger charge is -2.03. The number of nitrogens with zero attached hydrogens (tertiary/aromatic N) is 3. The van der Waals surface area contributed by atoms with Crippen LogP contribution in [0.4, 0.5) is 17.1 Å². The van der Waals surface area contributed by atoms with Gasteiger partial charge < -0.3 is 5.11 Å². The minimum atomic E-state index is -0.565. The molecule has 0 unspecified atom stereocenters. The molecule has 0 aliphatic rings. The van der Waals surface area contributed by atoms with Gasteiger partial charge in [0.1, 0.15) is 11.4 Å². The van der Waals surface area contributed by atoms with Gasteiger partial charge in [-0.25, -0.2) is 0 Å². The van der Waals surface area contributed by atoms with Crippen LogP contribution in [0.15, 0.2) is 70.8 Å². The van der Waals surface area contributed by atoms with Crippen LogP contribution in [0.3, 0.4) is 0 Å². The maximum atomic E-state index is 10.7. The van der Waals surface area contributed by atoms with E-state index in [1.54, 1.807) is 0 Å². The van der Waals surface area contributed by atoms with Gasteiger partial charge in [0.2, 0.25) is 0 Å². The van der Waals surface area contributed by atoms with Gasteiger partial charge in [0.05, 0.1) is 16.1 Å². The van der Waals surface area contributed by atoms with E-state index in [0.29, 0.717) is 0 Å². The average Bonchev–Trinajstić information content (AvgIpc) is 2.62. The molecule has 0 atom stereocenters. The van der Waals surface area contributed by atoms with E-state index in [0.717, 1.165) is 0 Å². The van der Waals surface area contributed by atoms with Crippen LogP contribution >= 0.6 is 0 Å². The molecule has 3 aromatic rings. The number of non-ortho nitro benzene ring substituents is 1. The number of hydrogen-bond donors (Lipinski definition) is 1. The van der Waals surface area contributed by atoms with Gasteiger partial charge in [-0.15, -0.1) is 5.11 Å². The van der Waals surface area contributed by atoms with Gasteiger partial charge in [-0.2, -0.15) is 5.11 Å². The summed E-state index contributed by atoms with van der Waals surface area (Å²) < 4.78 is 31.4. The first-order valence-corrected chi connectivity index (χ1v) is 6.19. The van der Waals surface area contributed by atoms with Crippen molar-refractivity contribution in [3.05, 3.63) is 70.7 Å². The van der Waals surface area contributed by atoms with Crippen LogP contribution in [0.5, 0.6) is 5.75 Å². The number of benzene rings is 3. The third-order valence-electron chi connectivity index (χ3n) is 2.91. The number of nitro groups is 1. The molecule has 6 heteroatoms. The van der Waals surface area contributed by atoms with Crippen molar-refractivity contribution in [3.63, 3.8) is 0 Å². The van der Waals surface area contributed by atoms with Crippen molar-refractivity contribution in [2.75, 3.05) is 0 Å². The highest BCUT2D eigenvalue weighted by Crippen LogP contribution is 2.36. The average molecular weight is 297 g/mol. The largest absolute Gasteiger partial charge is 0.506 e. The van der Waals surface area contributed by atoms with E-state index in [1.165, 1.54) is 36.4 Å². The van der Waals surface area contributed by atoms with E-state index in [1.807, 2.05) is 0 Å². The summed E-state index contributed by atoms with van der Waals surface area (Å²) in [6.45, 7) is 0. The van der Waals surface area contributed by atoms with E-state index in [-0.39, 0.29) is 46.0 Å². The van der Waals surface area contributed by atoms with E-state index < -0.39 is 16.7 Å². The highest BCUT2D eigenvalue weighted by atomic mass is 16.6. The highest BCUT2D eigenvalue weighted by Gasteiger charge is 2.06. The Labute approximate surface area is 131 Å². The van der Waals surface area contributed by atoms with Gasteiger partial charge in [0, 0.05) is 17.5 Å². The normalized spacial score (nSPS) is 13.6. The van der Waals surface area contributed by atoms with Crippen molar-refractivity contribution in [2.45, 2.75) is 0 Å². The van der Waals surface area contributed by atoms with Crippen molar-refractivity contribution in [2.24, 2.45) is 10.2 Å². The number of nitro benzene ring substituents is 1. The first-order chi connectivity index (χ1) is 12.3. The molecule has 0 radical (unpaired) electrons. The summed E-state index contributed by atoms with van der Waals surface area (Å²) in [5.74, 6) is -0.565. The monoisotopic (exact) mass is 297 g/mol. The standard InChI is InChI=1S/C16H11N3O3/c20-15-10-5-11-3-1-2-4-14(11)16(15)18-17-12-6-8-13(9-7-12)19(21)22/h1-10,20H/i1D,3D,5D,10D. The second-order valence-corrected chi connectivity index (χ2v) is 4.31. The fourth-order valence-corrected chi connectivity index (χ4v) is 1.84. The van der Waals surface area contributed by atoms with Crippen LogP contribution in [0, 0.1) is 10.1 Å². The van der Waals surface area contributed by atoms with Crippen LogP contribution in [0.25, 0.3) is 10.8 Å². The Morgan fingerprint density at radius 2 is 1.86 bits per heavy atom. The lowest BCUT2D eigenvalue weighted by molar-refractivity contribution is -0.384. The molecule has 22 heavy (non-hydrogen) atoms. The molecule has 0 heterocycles. The van der Waals surface area contributed by atoms with Crippen LogP contribution in [0.2, 0.25) is 0 Å². The molecular weight excluding hydrogens is 282 g/mol. The first kappa shape index (κ1) is 9.62. The van der Waals surface area contributed by atoms with E-state index >= 15 is 0 Å². The number of rotatable bonds is 3. The Bertz CT molecular complexity index is 1070. The topological polar surface area (TPSA) is 88.1 Å². The smallest absolute Gasteiger partial charge is 0.269 e. The fraction of sp³-hybridized carbons (Fsp3) is 0. The third-order valence-corrected chi connectivity index (χ3v) is 2.91. The Morgan fingerprint density at radius 1 is 1.09 bits per heavy atom. The number of hydrogen-bond acceptors (Lipinski definition) is 5. The summed E-state index contributed by atoms with van der Waals surface area (Å²) in [5.41, 5.74) is 0.0757. The second kappa shape index (κ2) is 5.61. The van der Waals surface area contributed by atoms with E-state index in [4.69, 9.17) is 5.48 Å². The van der Waals surface area contributed by atoms with Crippen LogP contribution in [0.1, 0.15) is 5.48 Å². The summed E-state index contributed by atoms with van der Waals surface area (Å²) in [7, 11) is 0. The molecule has 0 fully saturated rings. The molecule has 0 amide bonds. The van der Waals surface area contributed by atoms with Crippen molar-refractivity contribution in [3.8, 4) is 5.75 Å². The molecule has 0 saturated heterocycles. The summed E-state index contributed by atoms with van der Waals surface area (Å²) in [6, 6.07) is 6.77. The molecule has 0 aliphatic carbocycles. The van der Waals surface area contributed by atoms with E-state index in [9.17, 15) is 15.2 Å². The summed E-state index contributed by atoms with van der Waals surface area (Å²) >= 11 is 0. The predicted molar refractivity (Wildman–Crippen MR) is 82.9 cm³/mol. The van der Waals surface area contributed by atoms with Gasteiger partial charge in [-0.3, -0.25) is 10.1 Å². The van der Waals surface area contributed by atoms with Crippen LogP contribution in [-0.2, 0) is 0 Å². The molecule has 6 nitrogen and oxygen atoms in total. The molecule has 0 bridgehead atoms. The quantitative estimate of drug-likeness (QED) is 0.425. The number of phenolic OH excluding ortho intramolecular Hbond substituents is 1. The molecule has 108 valence electrons. The number of azo groups is 1. The lowest BCUT2D eigenvalue weighted by atomic mass is 10.1. The molecule has 0 saturated carbocycles. The SMILES string of the molecule is [2H]c1ccc2c(N=Nc3ccc([N+](=O)[O-])cc3)c(O)c([2H])c([2H])c2c1[2H]. The second-order valence-electron chi connectivity index (χ2n) is 4.31. The maximum absolute atomic E-state index is 10.7. The van der Waals surface area contributed by atoms with Crippen molar-refractivity contribution in [1.82, 2.24) is 0 Å². The minimum absolute atomic E-state index is 0.0259. The molecule has 1 N–H and O–H groups in total. The third kappa shape index (κ3) is 2.62. The van der Waals surface area contributed by atoms with Gasteiger partial charge in [-0.1, -0.05) is 30.3 Å². The first-order valence-electron chi connectivity index (χ1n) is 8.19. The van der Waals surface area contributed by atoms with Gasteiger partial charge in [0.15, 0.2) is 0 Å². The lowest BCUT2D eigenvalue weighted by Crippen LogP contribution is -1.85. The highest BCUT2D eigenvalue weighted by molar-refractivity contribution is 5.95. The Hall–Kier alpha value is -3.28. The van der Waals surface area contributed by atoms with Gasteiger partial charge in [0.25, 0.3) is 5.69 Å². The zero-order valence-corrected chi connectivity index (χ0v) is 11.1. The molecule has 0 aliphatic heterocycles. The Kier molecular flexibility index (Phi) is 2.45. The van der Waals surface area contributed by atoms with Crippen molar-refractivity contribution in [1.29, 1.82) is 0 Å². The van der Waals surface area contributed by atoms with Crippen LogP contribution < -0.4 is 0 Å². The Balaban J connectivity index is 2.15. The summed E-state index contributed by atoms with van der Waals surface area (Å²) in [4.78, 5) is 10.1. The van der Waals surface area contributed by atoms with Gasteiger partial charge >= 0.3 is 0 Å². The molecule has 0 aromatic heterocycles. The minimum Gasteiger partial charge on any atom is -0.506 e. The zero-order valence-electron chi connectivity index (χ0n) is 15.1. The maximum Gasteiger partial charge on any atom is 0.269 e. The fourth-order valence-electron chi connectivity index (χ4n) is 1.84. The molecule has 3 aromatic carbocycles. The van der Waals surface area contributed by atoms with Gasteiger partial charge in [-0.05, 0) is 23.6 Å². The summed E-state index contributed by atoms with van der Waals surface area (Å²) in [5, 5.41) is 28.9.